The molecule has 0 radical (unpaired) electrons. The van der Waals surface area contributed by atoms with Crippen LogP contribution in [0.3, 0.4) is 0 Å². The first-order valence-electron chi connectivity index (χ1n) is 6.34. The largest absolute Gasteiger partial charge is 0.304 e. The molecule has 0 aromatic carbocycles. The molecular weight excluding hydrogens is 224 g/mol. The standard InChI is InChI=1S/C14H20N4/c1-11(2)18-8-6-14(17-18)10-16-12(3)13-5-4-7-15-9-13/h4-9,11-12,16H,10H2,1-3H3/t12-/m1/s1. The van der Waals surface area contributed by atoms with Gasteiger partial charge in [-0.2, -0.15) is 5.10 Å². The third-order valence-corrected chi connectivity index (χ3v) is 2.97. The first-order valence-corrected chi connectivity index (χ1v) is 6.34. The van der Waals surface area contributed by atoms with Gasteiger partial charge >= 0.3 is 0 Å². The van der Waals surface area contributed by atoms with Gasteiger partial charge in [0.1, 0.15) is 0 Å². The van der Waals surface area contributed by atoms with Crippen LogP contribution in [0, 0.1) is 0 Å². The fourth-order valence-corrected chi connectivity index (χ4v) is 1.77. The zero-order valence-electron chi connectivity index (χ0n) is 11.2. The summed E-state index contributed by atoms with van der Waals surface area (Å²) < 4.78 is 1.98. The molecular formula is C14H20N4. The number of hydrogen-bond donors (Lipinski definition) is 1. The van der Waals surface area contributed by atoms with Crippen LogP contribution in [0.1, 0.15) is 44.1 Å². The summed E-state index contributed by atoms with van der Waals surface area (Å²) in [5.41, 5.74) is 2.26. The van der Waals surface area contributed by atoms with Gasteiger partial charge in [0.25, 0.3) is 0 Å². The molecule has 2 aromatic rings. The topological polar surface area (TPSA) is 42.7 Å². The monoisotopic (exact) mass is 244 g/mol. The molecule has 0 aliphatic rings. The Morgan fingerprint density at radius 3 is 2.72 bits per heavy atom. The van der Waals surface area contributed by atoms with Crippen LogP contribution in [-0.4, -0.2) is 14.8 Å². The van der Waals surface area contributed by atoms with Crippen molar-refractivity contribution in [2.45, 2.75) is 39.4 Å². The minimum Gasteiger partial charge on any atom is -0.304 e. The van der Waals surface area contributed by atoms with Gasteiger partial charge < -0.3 is 5.32 Å². The maximum absolute atomic E-state index is 4.51. The molecule has 18 heavy (non-hydrogen) atoms. The second kappa shape index (κ2) is 5.78. The van der Waals surface area contributed by atoms with Gasteiger partial charge in [-0.15, -0.1) is 0 Å². The molecule has 1 N–H and O–H groups in total. The molecule has 2 aromatic heterocycles. The summed E-state index contributed by atoms with van der Waals surface area (Å²) in [6.45, 7) is 7.16. The smallest absolute Gasteiger partial charge is 0.0762 e. The highest BCUT2D eigenvalue weighted by atomic mass is 15.3. The molecule has 96 valence electrons. The van der Waals surface area contributed by atoms with Crippen molar-refractivity contribution >= 4 is 0 Å². The van der Waals surface area contributed by atoms with Gasteiger partial charge in [0.2, 0.25) is 0 Å². The second-order valence-corrected chi connectivity index (χ2v) is 4.77. The van der Waals surface area contributed by atoms with E-state index in [2.05, 4.69) is 48.3 Å². The zero-order valence-corrected chi connectivity index (χ0v) is 11.2. The predicted octanol–water partition coefficient (Wildman–Crippen LogP) is 2.71. The fraction of sp³-hybridized carbons (Fsp3) is 0.429. The third-order valence-electron chi connectivity index (χ3n) is 2.97. The van der Waals surface area contributed by atoms with Crippen molar-refractivity contribution in [3.8, 4) is 0 Å². The van der Waals surface area contributed by atoms with Crippen LogP contribution in [-0.2, 0) is 6.54 Å². The highest BCUT2D eigenvalue weighted by molar-refractivity contribution is 5.13. The molecule has 4 nitrogen and oxygen atoms in total. The Balaban J connectivity index is 1.91. The van der Waals surface area contributed by atoms with E-state index in [0.29, 0.717) is 6.04 Å². The molecule has 2 rings (SSSR count). The molecule has 0 aliphatic heterocycles. The zero-order chi connectivity index (χ0) is 13.0. The van der Waals surface area contributed by atoms with Crippen molar-refractivity contribution in [2.24, 2.45) is 0 Å². The lowest BCUT2D eigenvalue weighted by atomic mass is 10.1. The molecule has 2 heterocycles. The Hall–Kier alpha value is -1.68. The van der Waals surface area contributed by atoms with E-state index in [1.807, 2.05) is 23.1 Å². The van der Waals surface area contributed by atoms with Crippen molar-refractivity contribution in [1.82, 2.24) is 20.1 Å². The van der Waals surface area contributed by atoms with Crippen LogP contribution in [0.5, 0.6) is 0 Å². The fourth-order valence-electron chi connectivity index (χ4n) is 1.77. The third kappa shape index (κ3) is 3.17. The van der Waals surface area contributed by atoms with Gasteiger partial charge in [-0.1, -0.05) is 6.07 Å². The Morgan fingerprint density at radius 1 is 1.28 bits per heavy atom. The van der Waals surface area contributed by atoms with Gasteiger partial charge in [0.15, 0.2) is 0 Å². The van der Waals surface area contributed by atoms with Gasteiger partial charge in [0, 0.05) is 37.2 Å². The maximum atomic E-state index is 4.51. The van der Waals surface area contributed by atoms with Crippen molar-refractivity contribution < 1.29 is 0 Å². The number of nitrogens with one attached hydrogen (secondary N) is 1. The number of pyridine rings is 1. The summed E-state index contributed by atoms with van der Waals surface area (Å²) >= 11 is 0. The summed E-state index contributed by atoms with van der Waals surface area (Å²) in [6.07, 6.45) is 5.71. The van der Waals surface area contributed by atoms with E-state index in [0.717, 1.165) is 12.2 Å². The molecule has 1 atom stereocenters. The molecule has 0 fully saturated rings. The molecule has 0 saturated carbocycles. The van der Waals surface area contributed by atoms with Crippen molar-refractivity contribution in [3.63, 3.8) is 0 Å². The van der Waals surface area contributed by atoms with Crippen LogP contribution >= 0.6 is 0 Å². The summed E-state index contributed by atoms with van der Waals surface area (Å²) in [6, 6.07) is 6.79. The molecule has 0 amide bonds. The average molecular weight is 244 g/mol. The van der Waals surface area contributed by atoms with Gasteiger partial charge in [0.05, 0.1) is 5.69 Å². The maximum Gasteiger partial charge on any atom is 0.0762 e. The van der Waals surface area contributed by atoms with E-state index in [1.54, 1.807) is 6.20 Å². The minimum atomic E-state index is 0.280. The summed E-state index contributed by atoms with van der Waals surface area (Å²) in [4.78, 5) is 4.13. The number of rotatable bonds is 5. The first kappa shape index (κ1) is 12.8. The SMILES string of the molecule is CC(C)n1ccc(CN[C@H](C)c2cccnc2)n1. The molecule has 0 aliphatic carbocycles. The molecule has 0 bridgehead atoms. The average Bonchev–Trinajstić information content (AvgIpc) is 2.86. The lowest BCUT2D eigenvalue weighted by molar-refractivity contribution is 0.512. The van der Waals surface area contributed by atoms with Crippen molar-refractivity contribution in [2.75, 3.05) is 0 Å². The molecule has 0 unspecified atom stereocenters. The Kier molecular flexibility index (Phi) is 4.10. The first-order chi connectivity index (χ1) is 8.66. The second-order valence-electron chi connectivity index (χ2n) is 4.77. The van der Waals surface area contributed by atoms with E-state index in [-0.39, 0.29) is 6.04 Å². The van der Waals surface area contributed by atoms with Gasteiger partial charge in [-0.05, 0) is 38.5 Å². The van der Waals surface area contributed by atoms with Crippen molar-refractivity contribution in [1.29, 1.82) is 0 Å². The summed E-state index contributed by atoms with van der Waals surface area (Å²) in [7, 11) is 0. The summed E-state index contributed by atoms with van der Waals surface area (Å²) in [5, 5.41) is 7.97. The van der Waals surface area contributed by atoms with Crippen LogP contribution in [0.15, 0.2) is 36.8 Å². The number of nitrogens with zero attached hydrogens (tertiary/aromatic N) is 3. The van der Waals surface area contributed by atoms with E-state index < -0.39 is 0 Å². The van der Waals surface area contributed by atoms with Crippen molar-refractivity contribution in [3.05, 3.63) is 48.0 Å². The molecule has 0 spiro atoms. The quantitative estimate of drug-likeness (QED) is 0.879. The highest BCUT2D eigenvalue weighted by Crippen LogP contribution is 2.11. The molecule has 4 heteroatoms. The van der Waals surface area contributed by atoms with Gasteiger partial charge in [-0.25, -0.2) is 0 Å². The van der Waals surface area contributed by atoms with Crippen LogP contribution in [0.2, 0.25) is 0 Å². The van der Waals surface area contributed by atoms with Crippen LogP contribution < -0.4 is 5.32 Å². The van der Waals surface area contributed by atoms with E-state index in [4.69, 9.17) is 0 Å². The van der Waals surface area contributed by atoms with Crippen LogP contribution in [0.25, 0.3) is 0 Å². The Labute approximate surface area is 108 Å². The summed E-state index contributed by atoms with van der Waals surface area (Å²) in [5.74, 6) is 0. The lowest BCUT2D eigenvalue weighted by Crippen LogP contribution is -2.18. The normalized spacial score (nSPS) is 12.9. The van der Waals surface area contributed by atoms with E-state index >= 15 is 0 Å². The molecule has 0 saturated heterocycles. The van der Waals surface area contributed by atoms with Crippen LogP contribution in [0.4, 0.5) is 0 Å². The van der Waals surface area contributed by atoms with Gasteiger partial charge in [-0.3, -0.25) is 9.67 Å². The lowest BCUT2D eigenvalue weighted by Gasteiger charge is -2.12. The Bertz CT molecular complexity index is 476. The highest BCUT2D eigenvalue weighted by Gasteiger charge is 2.06. The number of aromatic nitrogens is 3. The minimum absolute atomic E-state index is 0.280. The number of hydrogen-bond acceptors (Lipinski definition) is 3. The predicted molar refractivity (Wildman–Crippen MR) is 72.1 cm³/mol. The van der Waals surface area contributed by atoms with E-state index in [9.17, 15) is 0 Å². The Morgan fingerprint density at radius 2 is 2.11 bits per heavy atom. The van der Waals surface area contributed by atoms with E-state index in [1.165, 1.54) is 5.56 Å².